The summed E-state index contributed by atoms with van der Waals surface area (Å²) in [5.41, 5.74) is 9.13. The molecule has 3 aliphatic heterocycles. The maximum Gasteiger partial charge on any atom is 0.412 e. The first-order chi connectivity index (χ1) is 34.0. The van der Waals surface area contributed by atoms with Crippen molar-refractivity contribution in [1.82, 2.24) is 29.5 Å². The highest BCUT2D eigenvalue weighted by molar-refractivity contribution is 6.09. The number of hydrogen-bond acceptors (Lipinski definition) is 11. The van der Waals surface area contributed by atoms with Crippen LogP contribution in [-0.2, 0) is 16.0 Å². The largest absolute Gasteiger partial charge is 0.444 e. The van der Waals surface area contributed by atoms with Crippen LogP contribution in [0, 0.1) is 17.1 Å². The number of amides is 4. The topological polar surface area (TPSA) is 186 Å². The van der Waals surface area contributed by atoms with Gasteiger partial charge in [0.25, 0.3) is 5.91 Å². The van der Waals surface area contributed by atoms with E-state index in [0.717, 1.165) is 103 Å². The van der Waals surface area contributed by atoms with Gasteiger partial charge < -0.3 is 40.4 Å². The van der Waals surface area contributed by atoms with Crippen LogP contribution >= 0.6 is 0 Å². The fourth-order valence-electron chi connectivity index (χ4n) is 8.70. The maximum absolute atomic E-state index is 13.7. The number of nitrogens with two attached hydrogens (primary N) is 1. The molecule has 3 saturated heterocycles. The van der Waals surface area contributed by atoms with E-state index in [1.807, 2.05) is 45.6 Å². The SMILES string of the molecule is CC.CCC1=CC=CC(c2cnc(C(=O)N3CCC(CN4CCN(CC)CC4)CC3)c(NC(=O)OC(C)(C)C)c2)C1.CN1CCN(C=O)CC1.N=C(Cc1ccc(F)c(C=O)c1)c1ccccc1C(N)=O. The monoisotopic (exact) mass is 980 g/mol. The minimum absolute atomic E-state index is 0.0523. The number of piperazine rings is 2. The Kier molecular flexibility index (Phi) is 23.2. The summed E-state index contributed by atoms with van der Waals surface area (Å²) in [6, 6.07) is 12.5. The number of rotatable bonds is 13. The van der Waals surface area contributed by atoms with Gasteiger partial charge in [-0.1, -0.05) is 75.8 Å². The van der Waals surface area contributed by atoms with E-state index in [1.165, 1.54) is 23.8 Å². The van der Waals surface area contributed by atoms with Crippen molar-refractivity contribution in [2.45, 2.75) is 92.1 Å². The third kappa shape index (κ3) is 18.2. The summed E-state index contributed by atoms with van der Waals surface area (Å²) in [6.07, 6.45) is 13.0. The third-order valence-electron chi connectivity index (χ3n) is 12.9. The van der Waals surface area contributed by atoms with Crippen LogP contribution < -0.4 is 11.1 Å². The number of benzene rings is 2. The minimum atomic E-state index is -0.642. The predicted molar refractivity (Wildman–Crippen MR) is 280 cm³/mol. The van der Waals surface area contributed by atoms with Crippen molar-refractivity contribution < 1.29 is 33.1 Å². The smallest absolute Gasteiger partial charge is 0.412 e. The summed E-state index contributed by atoms with van der Waals surface area (Å²) >= 11 is 0. The van der Waals surface area contributed by atoms with Crippen molar-refractivity contribution in [1.29, 1.82) is 5.41 Å². The second-order valence-electron chi connectivity index (χ2n) is 19.1. The Morgan fingerprint density at radius 1 is 0.901 bits per heavy atom. The van der Waals surface area contributed by atoms with Crippen molar-refractivity contribution in [2.75, 3.05) is 90.9 Å². The molecule has 15 nitrogen and oxygen atoms in total. The first kappa shape index (κ1) is 57.5. The van der Waals surface area contributed by atoms with Crippen LogP contribution in [0.15, 0.2) is 78.5 Å². The molecule has 1 unspecified atom stereocenters. The van der Waals surface area contributed by atoms with Crippen molar-refractivity contribution in [3.63, 3.8) is 0 Å². The number of carbonyl (C=O) groups is 5. The van der Waals surface area contributed by atoms with Crippen LogP contribution in [0.2, 0.25) is 0 Å². The molecule has 4 amide bonds. The van der Waals surface area contributed by atoms with Gasteiger partial charge in [-0.05, 0) is 101 Å². The maximum atomic E-state index is 13.7. The number of hydrogen-bond donors (Lipinski definition) is 3. The number of likely N-dealkylation sites (tertiary alicyclic amines) is 1. The number of aldehydes is 1. The molecule has 3 fully saturated rings. The number of nitrogens with zero attached hydrogens (tertiary/aromatic N) is 6. The summed E-state index contributed by atoms with van der Waals surface area (Å²) < 4.78 is 18.8. The summed E-state index contributed by atoms with van der Waals surface area (Å²) in [4.78, 5) is 74.3. The van der Waals surface area contributed by atoms with Crippen molar-refractivity contribution >= 4 is 42.0 Å². The molecular weight excluding hydrogens is 902 g/mol. The average molecular weight is 980 g/mol. The van der Waals surface area contributed by atoms with Gasteiger partial charge in [0.1, 0.15) is 11.4 Å². The van der Waals surface area contributed by atoms with Crippen molar-refractivity contribution in [2.24, 2.45) is 11.7 Å². The number of allylic oxidation sites excluding steroid dienone is 4. The highest BCUT2D eigenvalue weighted by atomic mass is 19.1. The zero-order valence-corrected chi connectivity index (χ0v) is 43.3. The van der Waals surface area contributed by atoms with Crippen LogP contribution in [0.1, 0.15) is 128 Å². The summed E-state index contributed by atoms with van der Waals surface area (Å²) in [5, 5.41) is 10.9. The zero-order valence-electron chi connectivity index (χ0n) is 43.3. The highest BCUT2D eigenvalue weighted by Gasteiger charge is 2.30. The second kappa shape index (κ2) is 28.7. The van der Waals surface area contributed by atoms with Gasteiger partial charge in [-0.25, -0.2) is 14.2 Å². The third-order valence-corrected chi connectivity index (χ3v) is 12.9. The quantitative estimate of drug-likeness (QED) is 0.112. The van der Waals surface area contributed by atoms with Crippen LogP contribution in [0.5, 0.6) is 0 Å². The van der Waals surface area contributed by atoms with Crippen LogP contribution in [0.4, 0.5) is 14.9 Å². The molecule has 0 saturated carbocycles. The number of carbonyl (C=O) groups excluding carboxylic acids is 5. The van der Waals surface area contributed by atoms with Crippen molar-refractivity contribution in [3.05, 3.63) is 118 Å². The molecule has 1 atom stereocenters. The van der Waals surface area contributed by atoms with Gasteiger partial charge >= 0.3 is 6.09 Å². The molecule has 7 rings (SSSR count). The molecule has 1 aliphatic carbocycles. The molecular formula is C55H78FN9O6. The fraction of sp³-hybridized carbons (Fsp3) is 0.509. The molecule has 0 radical (unpaired) electrons. The minimum Gasteiger partial charge on any atom is -0.444 e. The zero-order chi connectivity index (χ0) is 52.1. The lowest BCUT2D eigenvalue weighted by atomic mass is 9.88. The fourth-order valence-corrected chi connectivity index (χ4v) is 8.70. The first-order valence-corrected chi connectivity index (χ1v) is 25.2. The van der Waals surface area contributed by atoms with Gasteiger partial charge in [-0.3, -0.25) is 24.5 Å². The van der Waals surface area contributed by atoms with Gasteiger partial charge in [-0.15, -0.1) is 0 Å². The lowest BCUT2D eigenvalue weighted by molar-refractivity contribution is -0.119. The van der Waals surface area contributed by atoms with E-state index in [4.69, 9.17) is 15.9 Å². The number of piperidine rings is 1. The molecule has 1 aromatic heterocycles. The number of halogens is 1. The lowest BCUT2D eigenvalue weighted by Gasteiger charge is -2.38. The number of pyridine rings is 1. The number of anilines is 1. The number of primary amides is 1. The number of likely N-dealkylation sites (N-methyl/N-ethyl adjacent to an activating group) is 2. The Balaban J connectivity index is 0.000000283. The normalized spacial score (nSPS) is 17.7. The standard InChI is InChI=1S/C31H47N5O3.C16H13FN2O2.C6H12N2O.C2H6/c1-6-23-9-8-10-25(19-23)26-20-27(33-30(38)39-31(3,4)5)28(32-21-26)29(37)36-13-11-24(12-14-36)22-35-17-15-34(7-2)16-18-35;17-14-6-5-10(7-11(14)9-20)8-15(18)12-3-1-2-4-13(12)16(19)21;1-7-2-4-8(6-9)5-3-7;1-2/h8-10,20-21,24-25H,6-7,11-19,22H2,1-5H3,(H,33,38);1-7,9,18H,8H2,(H2,19,21);6H,2-5H2,1H3;1-2H3. The number of nitrogens with one attached hydrogen (secondary N) is 2. The Hall–Kier alpha value is -6.10. The molecule has 0 bridgehead atoms. The van der Waals surface area contributed by atoms with Gasteiger partial charge in [-0.2, -0.15) is 0 Å². The summed E-state index contributed by atoms with van der Waals surface area (Å²) in [6.45, 7) is 25.9. The van der Waals surface area contributed by atoms with Gasteiger partial charge in [0.05, 0.1) is 11.3 Å². The van der Waals surface area contributed by atoms with Gasteiger partial charge in [0, 0.05) is 107 Å². The molecule has 16 heteroatoms. The number of ether oxygens (including phenoxy) is 1. The average Bonchev–Trinajstić information content (AvgIpc) is 3.37. The number of aromatic nitrogens is 1. The van der Waals surface area contributed by atoms with Gasteiger partial charge in [0.15, 0.2) is 12.0 Å². The van der Waals surface area contributed by atoms with E-state index in [0.29, 0.717) is 42.1 Å². The summed E-state index contributed by atoms with van der Waals surface area (Å²) in [5.74, 6) is -0.566. The van der Waals surface area contributed by atoms with Gasteiger partial charge in [0.2, 0.25) is 12.3 Å². The van der Waals surface area contributed by atoms with Crippen LogP contribution in [0.25, 0.3) is 0 Å². The van der Waals surface area contributed by atoms with E-state index in [1.54, 1.807) is 35.4 Å². The predicted octanol–water partition coefficient (Wildman–Crippen LogP) is 8.06. The molecule has 4 heterocycles. The van der Waals surface area contributed by atoms with Crippen LogP contribution in [-0.4, -0.2) is 157 Å². The summed E-state index contributed by atoms with van der Waals surface area (Å²) in [7, 11) is 2.07. The van der Waals surface area contributed by atoms with E-state index in [9.17, 15) is 28.4 Å². The molecule has 4 N–H and O–H groups in total. The molecule has 0 spiro atoms. The Morgan fingerprint density at radius 3 is 2.14 bits per heavy atom. The first-order valence-electron chi connectivity index (χ1n) is 25.2. The molecule has 2 aromatic carbocycles. The molecule has 3 aromatic rings. The van der Waals surface area contributed by atoms with E-state index >= 15 is 0 Å². The Labute approximate surface area is 421 Å². The van der Waals surface area contributed by atoms with Crippen LogP contribution in [0.3, 0.4) is 0 Å². The van der Waals surface area contributed by atoms with E-state index in [-0.39, 0.29) is 40.8 Å². The Bertz CT molecular complexity index is 2310. The van der Waals surface area contributed by atoms with E-state index < -0.39 is 23.4 Å². The second-order valence-corrected chi connectivity index (χ2v) is 19.1. The molecule has 4 aliphatic rings. The lowest BCUT2D eigenvalue weighted by Crippen LogP contribution is -2.49. The molecule has 71 heavy (non-hydrogen) atoms. The Morgan fingerprint density at radius 2 is 1.55 bits per heavy atom. The van der Waals surface area contributed by atoms with Crippen molar-refractivity contribution in [3.8, 4) is 0 Å². The highest BCUT2D eigenvalue weighted by Crippen LogP contribution is 2.32. The van der Waals surface area contributed by atoms with E-state index in [2.05, 4.69) is 64.1 Å². The molecule has 386 valence electrons.